The normalized spacial score (nSPS) is 11.6. The lowest BCUT2D eigenvalue weighted by molar-refractivity contribution is -0.137. The molecule has 1 amide bonds. The number of ether oxygens (including phenoxy) is 3. The zero-order valence-corrected chi connectivity index (χ0v) is 17.2. The van der Waals surface area contributed by atoms with E-state index in [4.69, 9.17) is 9.47 Å². The number of amides is 1. The maximum absolute atomic E-state index is 12.5. The summed E-state index contributed by atoms with van der Waals surface area (Å²) in [7, 11) is 6.36. The Hall–Kier alpha value is -2.68. The van der Waals surface area contributed by atoms with Crippen molar-refractivity contribution in [3.8, 4) is 11.5 Å². The molecule has 0 bridgehead atoms. The molecule has 0 saturated carbocycles. The number of nitrogens with zero attached hydrogens (tertiary/aromatic N) is 2. The molecule has 28 heavy (non-hydrogen) atoms. The predicted molar refractivity (Wildman–Crippen MR) is 107 cm³/mol. The lowest BCUT2D eigenvalue weighted by Gasteiger charge is -2.20. The number of carbonyl (C=O) groups is 2. The number of methoxy groups -OCH3 is 3. The van der Waals surface area contributed by atoms with Gasteiger partial charge in [0.05, 0.1) is 27.1 Å². The Morgan fingerprint density at radius 2 is 1.86 bits per heavy atom. The first-order valence-electron chi connectivity index (χ1n) is 8.62. The average molecular weight is 407 g/mol. The summed E-state index contributed by atoms with van der Waals surface area (Å²) in [6.07, 6.45) is 3.76. The summed E-state index contributed by atoms with van der Waals surface area (Å²) in [6, 6.07) is 4.98. The Morgan fingerprint density at radius 3 is 2.39 bits per heavy atom. The molecule has 1 atom stereocenters. The van der Waals surface area contributed by atoms with E-state index in [1.54, 1.807) is 26.5 Å². The van der Waals surface area contributed by atoms with Crippen LogP contribution in [0.5, 0.6) is 11.5 Å². The lowest BCUT2D eigenvalue weighted by atomic mass is 10.0. The molecule has 0 radical (unpaired) electrons. The number of aryl methyl sites for hydroxylation is 1. The van der Waals surface area contributed by atoms with Crippen LogP contribution in [0.2, 0.25) is 0 Å². The van der Waals surface area contributed by atoms with Crippen molar-refractivity contribution in [2.45, 2.75) is 12.5 Å². The topological polar surface area (TPSA) is 91.7 Å². The Kier molecular flexibility index (Phi) is 8.19. The van der Waals surface area contributed by atoms with E-state index in [1.807, 2.05) is 29.9 Å². The molecule has 0 aliphatic carbocycles. The van der Waals surface area contributed by atoms with E-state index >= 15 is 0 Å². The Morgan fingerprint density at radius 1 is 1.18 bits per heavy atom. The fraction of sp³-hybridized carbons (Fsp3) is 0.421. The number of hydrogen-bond acceptors (Lipinski definition) is 7. The molecule has 0 spiro atoms. The molecular formula is C19H25N3O5S. The van der Waals surface area contributed by atoms with Crippen molar-refractivity contribution < 1.29 is 23.8 Å². The van der Waals surface area contributed by atoms with Crippen molar-refractivity contribution in [3.05, 3.63) is 42.0 Å². The highest BCUT2D eigenvalue weighted by molar-refractivity contribution is 7.99. The maximum atomic E-state index is 12.5. The Labute approximate surface area is 168 Å². The van der Waals surface area contributed by atoms with Gasteiger partial charge in [0.1, 0.15) is 23.4 Å². The zero-order valence-electron chi connectivity index (χ0n) is 16.4. The van der Waals surface area contributed by atoms with Crippen LogP contribution in [0.15, 0.2) is 30.6 Å². The largest absolute Gasteiger partial charge is 0.497 e. The number of esters is 1. The van der Waals surface area contributed by atoms with Crippen molar-refractivity contribution >= 4 is 23.6 Å². The minimum atomic E-state index is -0.470. The highest BCUT2D eigenvalue weighted by Gasteiger charge is 2.22. The fourth-order valence-corrected chi connectivity index (χ4v) is 3.32. The quantitative estimate of drug-likeness (QED) is 0.475. The van der Waals surface area contributed by atoms with E-state index in [0.29, 0.717) is 23.1 Å². The Bertz CT molecular complexity index is 786. The van der Waals surface area contributed by atoms with Crippen LogP contribution in [-0.2, 0) is 21.4 Å². The van der Waals surface area contributed by atoms with Crippen LogP contribution < -0.4 is 14.8 Å². The molecule has 0 aliphatic heterocycles. The second kappa shape index (κ2) is 10.6. The monoisotopic (exact) mass is 407 g/mol. The van der Waals surface area contributed by atoms with E-state index in [-0.39, 0.29) is 24.1 Å². The zero-order chi connectivity index (χ0) is 20.5. The van der Waals surface area contributed by atoms with Crippen LogP contribution in [0.25, 0.3) is 0 Å². The molecular weight excluding hydrogens is 382 g/mol. The fourth-order valence-electron chi connectivity index (χ4n) is 2.56. The first-order valence-corrected chi connectivity index (χ1v) is 9.78. The summed E-state index contributed by atoms with van der Waals surface area (Å²) in [4.78, 5) is 28.1. The van der Waals surface area contributed by atoms with E-state index in [0.717, 1.165) is 5.56 Å². The number of nitrogens with one attached hydrogen (secondary N) is 1. The summed E-state index contributed by atoms with van der Waals surface area (Å²) in [5, 5.41) is 3.02. The molecule has 2 aromatic rings. The molecule has 1 aromatic carbocycles. The molecule has 1 unspecified atom stereocenters. The molecule has 1 heterocycles. The molecule has 1 aromatic heterocycles. The standard InChI is InChI=1S/C19H25N3O5S/c1-22-7-6-20-19(22)18(13-9-14(25-2)11-15(10-13)26-3)21-16(23)5-8-28-12-17(24)27-4/h6-7,9-11,18H,5,8,12H2,1-4H3,(H,21,23). The van der Waals surface area contributed by atoms with Gasteiger partial charge in [-0.3, -0.25) is 9.59 Å². The molecule has 0 aliphatic rings. The number of carbonyl (C=O) groups excluding carboxylic acids is 2. The molecule has 152 valence electrons. The molecule has 0 fully saturated rings. The third-order valence-corrected chi connectivity index (χ3v) is 4.98. The van der Waals surface area contributed by atoms with Gasteiger partial charge in [-0.2, -0.15) is 0 Å². The number of hydrogen-bond donors (Lipinski definition) is 1. The summed E-state index contributed by atoms with van der Waals surface area (Å²) in [6.45, 7) is 0. The third kappa shape index (κ3) is 5.91. The van der Waals surface area contributed by atoms with Crippen molar-refractivity contribution in [3.63, 3.8) is 0 Å². The molecule has 0 saturated heterocycles. The lowest BCUT2D eigenvalue weighted by Crippen LogP contribution is -2.31. The van der Waals surface area contributed by atoms with Crippen LogP contribution >= 0.6 is 11.8 Å². The van der Waals surface area contributed by atoms with E-state index < -0.39 is 6.04 Å². The minimum absolute atomic E-state index is 0.146. The van der Waals surface area contributed by atoms with Gasteiger partial charge in [0.15, 0.2) is 0 Å². The van der Waals surface area contributed by atoms with Crippen molar-refractivity contribution in [1.29, 1.82) is 0 Å². The summed E-state index contributed by atoms with van der Waals surface area (Å²) >= 11 is 1.35. The number of imidazole rings is 1. The van der Waals surface area contributed by atoms with Gasteiger partial charge in [0.25, 0.3) is 0 Å². The van der Waals surface area contributed by atoms with Gasteiger partial charge in [-0.25, -0.2) is 4.98 Å². The number of thioether (sulfide) groups is 1. The highest BCUT2D eigenvalue weighted by Crippen LogP contribution is 2.29. The molecule has 9 heteroatoms. The van der Waals surface area contributed by atoms with Crippen LogP contribution in [0.3, 0.4) is 0 Å². The number of benzene rings is 1. The first-order chi connectivity index (χ1) is 13.5. The third-order valence-electron chi connectivity index (χ3n) is 4.05. The van der Waals surface area contributed by atoms with Gasteiger partial charge in [-0.15, -0.1) is 11.8 Å². The number of rotatable bonds is 10. The highest BCUT2D eigenvalue weighted by atomic mass is 32.2. The van der Waals surface area contributed by atoms with E-state index in [1.165, 1.54) is 18.9 Å². The molecule has 2 rings (SSSR count). The van der Waals surface area contributed by atoms with Gasteiger partial charge in [-0.1, -0.05) is 0 Å². The van der Waals surface area contributed by atoms with Gasteiger partial charge < -0.3 is 24.1 Å². The molecule has 8 nitrogen and oxygen atoms in total. The smallest absolute Gasteiger partial charge is 0.315 e. The van der Waals surface area contributed by atoms with E-state index in [9.17, 15) is 9.59 Å². The van der Waals surface area contributed by atoms with Gasteiger partial charge in [-0.05, 0) is 17.7 Å². The molecule has 1 N–H and O–H groups in total. The van der Waals surface area contributed by atoms with Gasteiger partial charge in [0.2, 0.25) is 5.91 Å². The minimum Gasteiger partial charge on any atom is -0.497 e. The van der Waals surface area contributed by atoms with Crippen molar-refractivity contribution in [2.75, 3.05) is 32.8 Å². The van der Waals surface area contributed by atoms with E-state index in [2.05, 4.69) is 15.0 Å². The van der Waals surface area contributed by atoms with Gasteiger partial charge >= 0.3 is 5.97 Å². The average Bonchev–Trinajstić information content (AvgIpc) is 3.14. The summed E-state index contributed by atoms with van der Waals surface area (Å²) in [5.74, 6) is 2.21. The van der Waals surface area contributed by atoms with Crippen molar-refractivity contribution in [1.82, 2.24) is 14.9 Å². The Balaban J connectivity index is 2.16. The van der Waals surface area contributed by atoms with Crippen LogP contribution in [0, 0.1) is 0 Å². The second-order valence-corrected chi connectivity index (χ2v) is 7.03. The number of aromatic nitrogens is 2. The maximum Gasteiger partial charge on any atom is 0.315 e. The van der Waals surface area contributed by atoms with Crippen LogP contribution in [0.4, 0.5) is 0 Å². The first kappa shape index (κ1) is 21.6. The summed E-state index contributed by atoms with van der Waals surface area (Å²) < 4.78 is 17.1. The summed E-state index contributed by atoms with van der Waals surface area (Å²) in [5.41, 5.74) is 0.793. The van der Waals surface area contributed by atoms with Crippen LogP contribution in [0.1, 0.15) is 23.9 Å². The SMILES string of the molecule is COC(=O)CSCCC(=O)NC(c1cc(OC)cc(OC)c1)c1nccn1C. The van der Waals surface area contributed by atoms with Crippen LogP contribution in [-0.4, -0.2) is 54.3 Å². The second-order valence-electron chi connectivity index (χ2n) is 5.92. The predicted octanol–water partition coefficient (Wildman–Crippen LogP) is 1.94. The van der Waals surface area contributed by atoms with Crippen molar-refractivity contribution in [2.24, 2.45) is 7.05 Å². The van der Waals surface area contributed by atoms with Gasteiger partial charge in [0, 0.05) is 37.7 Å².